The molecule has 21 heavy (non-hydrogen) atoms. The first-order valence-electron chi connectivity index (χ1n) is 6.89. The molecule has 2 atom stereocenters. The summed E-state index contributed by atoms with van der Waals surface area (Å²) in [5, 5.41) is 10.7. The molecule has 1 aromatic rings. The number of nitro groups is 1. The van der Waals surface area contributed by atoms with E-state index in [1.54, 1.807) is 0 Å². The predicted octanol–water partition coefficient (Wildman–Crippen LogP) is 2.49. The molecule has 1 heterocycles. The molecule has 2 unspecified atom stereocenters. The van der Waals surface area contributed by atoms with Crippen LogP contribution in [-0.2, 0) is 10.0 Å². The van der Waals surface area contributed by atoms with Crippen LogP contribution in [-0.4, -0.2) is 19.4 Å². The van der Waals surface area contributed by atoms with Gasteiger partial charge in [-0.3, -0.25) is 10.1 Å². The fraction of sp³-hybridized carbons (Fsp3) is 0.667. The molecule has 3 N–H and O–H groups in total. The van der Waals surface area contributed by atoms with Crippen LogP contribution in [0, 0.1) is 16.0 Å². The normalized spacial score (nSPS) is 23.1. The van der Waals surface area contributed by atoms with Crippen LogP contribution in [0.25, 0.3) is 0 Å². The fourth-order valence-corrected chi connectivity index (χ4v) is 5.21. The molecule has 1 aliphatic carbocycles. The van der Waals surface area contributed by atoms with Gasteiger partial charge >= 0.3 is 5.69 Å². The van der Waals surface area contributed by atoms with E-state index < -0.39 is 14.9 Å². The van der Waals surface area contributed by atoms with Crippen molar-refractivity contribution in [2.75, 3.05) is 5.73 Å². The van der Waals surface area contributed by atoms with Crippen LogP contribution < -0.4 is 10.5 Å². The molecule has 1 aromatic heterocycles. The van der Waals surface area contributed by atoms with Crippen molar-refractivity contribution < 1.29 is 13.3 Å². The van der Waals surface area contributed by atoms with E-state index in [9.17, 15) is 18.5 Å². The summed E-state index contributed by atoms with van der Waals surface area (Å²) in [6, 6.07) is 0.929. The number of sulfonamides is 1. The summed E-state index contributed by atoms with van der Waals surface area (Å²) >= 11 is 0.730. The highest BCUT2D eigenvalue weighted by molar-refractivity contribution is 7.91. The lowest BCUT2D eigenvalue weighted by atomic mass is 9.85. The van der Waals surface area contributed by atoms with Crippen molar-refractivity contribution in [3.05, 3.63) is 16.2 Å². The average Bonchev–Trinajstić information content (AvgIpc) is 2.81. The van der Waals surface area contributed by atoms with Crippen molar-refractivity contribution in [2.24, 2.45) is 5.92 Å². The quantitative estimate of drug-likeness (QED) is 0.634. The number of anilines is 1. The molecule has 0 aliphatic heterocycles. The number of rotatable bonds is 5. The number of hydrogen-bond acceptors (Lipinski definition) is 6. The Labute approximate surface area is 127 Å². The highest BCUT2D eigenvalue weighted by Gasteiger charge is 2.29. The van der Waals surface area contributed by atoms with Gasteiger partial charge in [0, 0.05) is 12.1 Å². The first-order valence-corrected chi connectivity index (χ1v) is 9.19. The first kappa shape index (κ1) is 16.2. The Bertz CT molecular complexity index is 626. The van der Waals surface area contributed by atoms with E-state index in [-0.39, 0.29) is 20.9 Å². The fourth-order valence-electron chi connectivity index (χ4n) is 2.69. The maximum atomic E-state index is 12.3. The van der Waals surface area contributed by atoms with Crippen LogP contribution in [0.1, 0.15) is 39.0 Å². The van der Waals surface area contributed by atoms with E-state index in [0.717, 1.165) is 49.5 Å². The van der Waals surface area contributed by atoms with Crippen molar-refractivity contribution in [1.82, 2.24) is 4.72 Å². The molecule has 2 rings (SSSR count). The summed E-state index contributed by atoms with van der Waals surface area (Å²) in [4.78, 5) is 10.1. The summed E-state index contributed by atoms with van der Waals surface area (Å²) in [6.07, 6.45) is 4.79. The zero-order valence-electron chi connectivity index (χ0n) is 11.7. The minimum atomic E-state index is -3.74. The topological polar surface area (TPSA) is 115 Å². The van der Waals surface area contributed by atoms with Crippen molar-refractivity contribution in [3.8, 4) is 0 Å². The summed E-state index contributed by atoms with van der Waals surface area (Å²) in [5.41, 5.74) is 5.15. The van der Waals surface area contributed by atoms with Crippen LogP contribution >= 0.6 is 11.3 Å². The molecule has 1 aliphatic rings. The van der Waals surface area contributed by atoms with E-state index in [2.05, 4.69) is 11.6 Å². The maximum Gasteiger partial charge on any atom is 0.304 e. The third-order valence-corrected chi connectivity index (χ3v) is 6.81. The zero-order chi connectivity index (χ0) is 15.6. The Morgan fingerprint density at radius 2 is 2.24 bits per heavy atom. The Kier molecular flexibility index (Phi) is 4.84. The Morgan fingerprint density at radius 3 is 2.81 bits per heavy atom. The molecule has 7 nitrogen and oxygen atoms in total. The van der Waals surface area contributed by atoms with Gasteiger partial charge in [0.15, 0.2) is 5.00 Å². The molecule has 1 saturated carbocycles. The molecule has 0 spiro atoms. The largest absolute Gasteiger partial charge is 0.385 e. The van der Waals surface area contributed by atoms with Gasteiger partial charge in [0.05, 0.1) is 4.92 Å². The van der Waals surface area contributed by atoms with Gasteiger partial charge in [-0.05, 0) is 18.8 Å². The molecule has 0 saturated heterocycles. The number of nitrogen functional groups attached to an aromatic ring is 1. The van der Waals surface area contributed by atoms with Crippen LogP contribution in [0.4, 0.5) is 10.7 Å². The van der Waals surface area contributed by atoms with E-state index in [0.29, 0.717) is 5.92 Å². The molecule has 118 valence electrons. The SMILES string of the molecule is CCC1CCCC(NS(=O)(=O)c2cc([N+](=O)[O-])c(N)s2)C1. The Hall–Kier alpha value is -1.19. The van der Waals surface area contributed by atoms with Gasteiger partial charge in [0.25, 0.3) is 10.0 Å². The van der Waals surface area contributed by atoms with Crippen LogP contribution in [0.15, 0.2) is 10.3 Å². The monoisotopic (exact) mass is 333 g/mol. The standard InChI is InChI=1S/C12H19N3O4S2/c1-2-8-4-3-5-9(6-8)14-21(18,19)11-7-10(15(16)17)12(13)20-11/h7-9,14H,2-6,13H2,1H3. The van der Waals surface area contributed by atoms with Gasteiger partial charge in [0.2, 0.25) is 0 Å². The lowest BCUT2D eigenvalue weighted by Gasteiger charge is -2.28. The average molecular weight is 333 g/mol. The second-order valence-corrected chi connectivity index (χ2v) is 8.36. The lowest BCUT2D eigenvalue weighted by molar-refractivity contribution is -0.383. The zero-order valence-corrected chi connectivity index (χ0v) is 13.4. The van der Waals surface area contributed by atoms with E-state index in [4.69, 9.17) is 5.73 Å². The van der Waals surface area contributed by atoms with E-state index in [1.165, 1.54) is 0 Å². The van der Waals surface area contributed by atoms with Crippen molar-refractivity contribution in [1.29, 1.82) is 0 Å². The number of nitrogens with zero attached hydrogens (tertiary/aromatic N) is 1. The van der Waals surface area contributed by atoms with E-state index >= 15 is 0 Å². The maximum absolute atomic E-state index is 12.3. The van der Waals surface area contributed by atoms with Crippen molar-refractivity contribution in [3.63, 3.8) is 0 Å². The van der Waals surface area contributed by atoms with Crippen molar-refractivity contribution in [2.45, 2.75) is 49.3 Å². The molecular weight excluding hydrogens is 314 g/mol. The molecule has 0 amide bonds. The third-order valence-electron chi connectivity index (χ3n) is 3.86. The number of hydrogen-bond donors (Lipinski definition) is 2. The number of thiophene rings is 1. The molecule has 0 radical (unpaired) electrons. The van der Waals surface area contributed by atoms with Crippen molar-refractivity contribution >= 4 is 32.0 Å². The summed E-state index contributed by atoms with van der Waals surface area (Å²) in [7, 11) is -3.74. The minimum absolute atomic E-state index is 0.0875. The van der Waals surface area contributed by atoms with Gasteiger partial charge in [-0.1, -0.05) is 37.5 Å². The van der Waals surface area contributed by atoms with Crippen LogP contribution in [0.3, 0.4) is 0 Å². The van der Waals surface area contributed by atoms with Gasteiger partial charge in [-0.15, -0.1) is 0 Å². The summed E-state index contributed by atoms with van der Waals surface area (Å²) < 4.78 is 27.2. The molecule has 9 heteroatoms. The second kappa shape index (κ2) is 6.29. The van der Waals surface area contributed by atoms with Gasteiger partial charge in [-0.25, -0.2) is 13.1 Å². The minimum Gasteiger partial charge on any atom is -0.385 e. The molecule has 0 aromatic carbocycles. The lowest BCUT2D eigenvalue weighted by Crippen LogP contribution is -2.38. The van der Waals surface area contributed by atoms with Gasteiger partial charge in [0.1, 0.15) is 4.21 Å². The second-order valence-electron chi connectivity index (χ2n) is 5.33. The van der Waals surface area contributed by atoms with E-state index in [1.807, 2.05) is 0 Å². The smallest absolute Gasteiger partial charge is 0.304 e. The van der Waals surface area contributed by atoms with Gasteiger partial charge in [-0.2, -0.15) is 0 Å². The molecule has 1 fully saturated rings. The Morgan fingerprint density at radius 1 is 1.52 bits per heavy atom. The van der Waals surface area contributed by atoms with Gasteiger partial charge < -0.3 is 5.73 Å². The molecule has 0 bridgehead atoms. The summed E-state index contributed by atoms with van der Waals surface area (Å²) in [6.45, 7) is 2.10. The van der Waals surface area contributed by atoms with Crippen LogP contribution in [0.5, 0.6) is 0 Å². The highest BCUT2D eigenvalue weighted by Crippen LogP contribution is 2.35. The van der Waals surface area contributed by atoms with Crippen LogP contribution in [0.2, 0.25) is 0 Å². The third kappa shape index (κ3) is 3.72. The highest BCUT2D eigenvalue weighted by atomic mass is 32.2. The number of nitrogens with two attached hydrogens (primary N) is 1. The Balaban J connectivity index is 2.15. The predicted molar refractivity (Wildman–Crippen MR) is 81.7 cm³/mol. The molecular formula is C12H19N3O4S2. The first-order chi connectivity index (χ1) is 9.83. The number of nitrogens with one attached hydrogen (secondary N) is 1. The summed E-state index contributed by atoms with van der Waals surface area (Å²) in [5.74, 6) is 0.536.